The number of halogens is 1. The fourth-order valence-corrected chi connectivity index (χ4v) is 2.51. The monoisotopic (exact) mass is 280 g/mol. The van der Waals surface area contributed by atoms with Crippen molar-refractivity contribution < 1.29 is 14.6 Å². The van der Waals surface area contributed by atoms with Crippen molar-refractivity contribution in [3.8, 4) is 5.75 Å². The number of carboxylic acids is 1. The van der Waals surface area contributed by atoms with Crippen LogP contribution >= 0.6 is 11.6 Å². The molecule has 1 aliphatic rings. The highest BCUT2D eigenvalue weighted by Crippen LogP contribution is 2.45. The summed E-state index contributed by atoms with van der Waals surface area (Å²) in [6.07, 6.45) is 2.28. The molecule has 3 nitrogen and oxygen atoms in total. The first-order valence-electron chi connectivity index (χ1n) is 6.26. The van der Waals surface area contributed by atoms with Gasteiger partial charge in [0, 0.05) is 0 Å². The molecule has 0 atom stereocenters. The standard InChI is InChI=1S/C15H17ClO3/c1-10(2)9-19-13-5-4-11(8-12(13)16)15(14(17)18)6-3-7-15/h4-5,8H,1,3,6-7,9H2,2H3,(H,17,18). The van der Waals surface area contributed by atoms with Crippen molar-refractivity contribution in [2.24, 2.45) is 0 Å². The van der Waals surface area contributed by atoms with Crippen LogP contribution in [-0.4, -0.2) is 17.7 Å². The van der Waals surface area contributed by atoms with Crippen LogP contribution in [0.2, 0.25) is 5.02 Å². The lowest BCUT2D eigenvalue weighted by Crippen LogP contribution is -2.42. The van der Waals surface area contributed by atoms with Gasteiger partial charge in [-0.1, -0.05) is 30.7 Å². The first-order valence-corrected chi connectivity index (χ1v) is 6.64. The zero-order valence-electron chi connectivity index (χ0n) is 10.9. The molecule has 102 valence electrons. The molecule has 0 aromatic heterocycles. The third kappa shape index (κ3) is 2.61. The molecule has 0 radical (unpaired) electrons. The van der Waals surface area contributed by atoms with E-state index < -0.39 is 11.4 Å². The molecule has 0 saturated heterocycles. The molecule has 1 fully saturated rings. The molecule has 1 aromatic carbocycles. The minimum Gasteiger partial charge on any atom is -0.488 e. The molecule has 0 unspecified atom stereocenters. The van der Waals surface area contributed by atoms with Crippen molar-refractivity contribution in [2.45, 2.75) is 31.6 Å². The lowest BCUT2D eigenvalue weighted by Gasteiger charge is -2.38. The maximum atomic E-state index is 11.4. The molecule has 0 amide bonds. The molecule has 0 aliphatic heterocycles. The molecule has 4 heteroatoms. The van der Waals surface area contributed by atoms with Gasteiger partial charge in [-0.05, 0) is 43.0 Å². The van der Waals surface area contributed by atoms with E-state index in [1.54, 1.807) is 18.2 Å². The quantitative estimate of drug-likeness (QED) is 0.835. The summed E-state index contributed by atoms with van der Waals surface area (Å²) < 4.78 is 5.50. The summed E-state index contributed by atoms with van der Waals surface area (Å²) in [6.45, 7) is 6.03. The summed E-state index contributed by atoms with van der Waals surface area (Å²) in [5.41, 5.74) is 0.913. The third-order valence-corrected chi connectivity index (χ3v) is 3.87. The van der Waals surface area contributed by atoms with Crippen molar-refractivity contribution in [2.75, 3.05) is 6.61 Å². The predicted molar refractivity (Wildman–Crippen MR) is 74.9 cm³/mol. The normalized spacial score (nSPS) is 16.5. The Morgan fingerprint density at radius 3 is 2.63 bits per heavy atom. The van der Waals surface area contributed by atoms with Crippen LogP contribution < -0.4 is 4.74 Å². The van der Waals surface area contributed by atoms with Gasteiger partial charge in [0.05, 0.1) is 10.4 Å². The zero-order valence-corrected chi connectivity index (χ0v) is 11.7. The molecule has 0 heterocycles. The molecule has 1 aromatic rings. The van der Waals surface area contributed by atoms with Gasteiger partial charge in [0.2, 0.25) is 0 Å². The summed E-state index contributed by atoms with van der Waals surface area (Å²) in [6, 6.07) is 5.25. The van der Waals surface area contributed by atoms with E-state index in [4.69, 9.17) is 16.3 Å². The van der Waals surface area contributed by atoms with Crippen molar-refractivity contribution >= 4 is 17.6 Å². The molecule has 2 rings (SSSR count). The van der Waals surface area contributed by atoms with Crippen molar-refractivity contribution in [1.29, 1.82) is 0 Å². The van der Waals surface area contributed by atoms with Crippen LogP contribution in [0.4, 0.5) is 0 Å². The van der Waals surface area contributed by atoms with Crippen LogP contribution in [-0.2, 0) is 10.2 Å². The lowest BCUT2D eigenvalue weighted by atomic mass is 9.64. The fourth-order valence-electron chi connectivity index (χ4n) is 2.27. The smallest absolute Gasteiger partial charge is 0.314 e. The number of rotatable bonds is 5. The van der Waals surface area contributed by atoms with Gasteiger partial charge in [-0.15, -0.1) is 0 Å². The minimum absolute atomic E-state index is 0.406. The zero-order chi connectivity index (χ0) is 14.0. The first kappa shape index (κ1) is 13.9. The molecular weight excluding hydrogens is 264 g/mol. The summed E-state index contributed by atoms with van der Waals surface area (Å²) in [4.78, 5) is 11.4. The van der Waals surface area contributed by atoms with E-state index in [1.165, 1.54) is 0 Å². The van der Waals surface area contributed by atoms with E-state index in [-0.39, 0.29) is 0 Å². The van der Waals surface area contributed by atoms with E-state index in [1.807, 2.05) is 6.92 Å². The number of hydrogen-bond acceptors (Lipinski definition) is 2. The van der Waals surface area contributed by atoms with E-state index in [0.717, 1.165) is 17.6 Å². The van der Waals surface area contributed by atoms with Gasteiger partial charge in [-0.2, -0.15) is 0 Å². The van der Waals surface area contributed by atoms with Crippen LogP contribution in [0, 0.1) is 0 Å². The molecule has 19 heavy (non-hydrogen) atoms. The summed E-state index contributed by atoms with van der Waals surface area (Å²) in [7, 11) is 0. The van der Waals surface area contributed by atoms with Gasteiger partial charge in [-0.3, -0.25) is 4.79 Å². The summed E-state index contributed by atoms with van der Waals surface area (Å²) >= 11 is 6.16. The summed E-state index contributed by atoms with van der Waals surface area (Å²) in [5.74, 6) is -0.210. The van der Waals surface area contributed by atoms with Gasteiger partial charge in [0.1, 0.15) is 12.4 Å². The van der Waals surface area contributed by atoms with Crippen LogP contribution in [0.25, 0.3) is 0 Å². The van der Waals surface area contributed by atoms with Crippen LogP contribution in [0.15, 0.2) is 30.4 Å². The number of carbonyl (C=O) groups is 1. The average molecular weight is 281 g/mol. The van der Waals surface area contributed by atoms with E-state index >= 15 is 0 Å². The Bertz CT molecular complexity index is 518. The van der Waals surface area contributed by atoms with Crippen molar-refractivity contribution in [1.82, 2.24) is 0 Å². The highest BCUT2D eigenvalue weighted by Gasteiger charge is 2.46. The molecule has 1 aliphatic carbocycles. The van der Waals surface area contributed by atoms with Crippen LogP contribution in [0.1, 0.15) is 31.7 Å². The number of carboxylic acid groups (broad SMARTS) is 1. The van der Waals surface area contributed by atoms with E-state index in [0.29, 0.717) is 30.2 Å². The van der Waals surface area contributed by atoms with E-state index in [2.05, 4.69) is 6.58 Å². The number of ether oxygens (including phenoxy) is 1. The van der Waals surface area contributed by atoms with Gasteiger partial charge in [0.15, 0.2) is 0 Å². The topological polar surface area (TPSA) is 46.5 Å². The molecule has 1 saturated carbocycles. The minimum atomic E-state index is -0.773. The number of aliphatic carboxylic acids is 1. The van der Waals surface area contributed by atoms with Crippen molar-refractivity contribution in [3.63, 3.8) is 0 Å². The Balaban J connectivity index is 2.23. The lowest BCUT2D eigenvalue weighted by molar-refractivity contribution is -0.147. The van der Waals surface area contributed by atoms with Crippen LogP contribution in [0.3, 0.4) is 0 Å². The highest BCUT2D eigenvalue weighted by molar-refractivity contribution is 6.32. The van der Waals surface area contributed by atoms with Gasteiger partial charge < -0.3 is 9.84 Å². The Hall–Kier alpha value is -1.48. The maximum Gasteiger partial charge on any atom is 0.314 e. The first-order chi connectivity index (χ1) is 8.95. The predicted octanol–water partition coefficient (Wildman–Crippen LogP) is 3.80. The SMILES string of the molecule is C=C(C)COc1ccc(C2(C(=O)O)CCC2)cc1Cl. The molecular formula is C15H17ClO3. The van der Waals surface area contributed by atoms with Crippen LogP contribution in [0.5, 0.6) is 5.75 Å². The van der Waals surface area contributed by atoms with Gasteiger partial charge in [-0.25, -0.2) is 0 Å². The van der Waals surface area contributed by atoms with E-state index in [9.17, 15) is 9.90 Å². The van der Waals surface area contributed by atoms with Crippen molar-refractivity contribution in [3.05, 3.63) is 40.9 Å². The second-order valence-electron chi connectivity index (χ2n) is 5.13. The average Bonchev–Trinajstić information content (AvgIpc) is 2.25. The maximum absolute atomic E-state index is 11.4. The Kier molecular flexibility index (Phi) is 3.85. The van der Waals surface area contributed by atoms with Gasteiger partial charge in [0.25, 0.3) is 0 Å². The number of benzene rings is 1. The number of hydrogen-bond donors (Lipinski definition) is 1. The second kappa shape index (κ2) is 5.25. The summed E-state index contributed by atoms with van der Waals surface area (Å²) in [5, 5.41) is 9.84. The Morgan fingerprint density at radius 2 is 2.21 bits per heavy atom. The molecule has 0 bridgehead atoms. The second-order valence-corrected chi connectivity index (χ2v) is 5.54. The Labute approximate surface area is 117 Å². The largest absolute Gasteiger partial charge is 0.488 e. The Morgan fingerprint density at radius 1 is 1.53 bits per heavy atom. The molecule has 0 spiro atoms. The van der Waals surface area contributed by atoms with Gasteiger partial charge >= 0.3 is 5.97 Å². The highest BCUT2D eigenvalue weighted by atomic mass is 35.5. The fraction of sp³-hybridized carbons (Fsp3) is 0.400. The molecule has 1 N–H and O–H groups in total. The third-order valence-electron chi connectivity index (χ3n) is 3.58.